The molecule has 1 heterocycles. The number of ether oxygens (including phenoxy) is 1. The molecule has 0 radical (unpaired) electrons. The van der Waals surface area contributed by atoms with Crippen LogP contribution in [0.3, 0.4) is 0 Å². The van der Waals surface area contributed by atoms with Crippen LogP contribution in [0.4, 0.5) is 11.5 Å². The Labute approximate surface area is 149 Å². The molecule has 0 fully saturated rings. The Kier molecular flexibility index (Phi) is 6.00. The number of anilines is 2. The zero-order chi connectivity index (χ0) is 17.7. The molecule has 0 aliphatic carbocycles. The third-order valence-corrected chi connectivity index (χ3v) is 3.61. The third-order valence-electron chi connectivity index (χ3n) is 3.12. The van der Waals surface area contributed by atoms with Gasteiger partial charge in [0.25, 0.3) is 5.91 Å². The molecule has 0 aliphatic rings. The highest BCUT2D eigenvalue weighted by Gasteiger charge is 2.21. The number of carbonyl (C=O) groups is 2. The molecule has 1 aromatic heterocycles. The topological polar surface area (TPSA) is 80.3 Å². The summed E-state index contributed by atoms with van der Waals surface area (Å²) in [4.78, 5) is 28.3. The quantitative estimate of drug-likeness (QED) is 0.788. The highest BCUT2D eigenvalue weighted by Crippen LogP contribution is 2.23. The van der Waals surface area contributed by atoms with E-state index in [-0.39, 0.29) is 10.8 Å². The number of hydrogen-bond acceptors (Lipinski definition) is 5. The number of halogens is 2. The van der Waals surface area contributed by atoms with Crippen molar-refractivity contribution in [2.24, 2.45) is 0 Å². The molecular formula is C16H15Cl2N3O3. The summed E-state index contributed by atoms with van der Waals surface area (Å²) >= 11 is 11.7. The molecule has 1 amide bonds. The number of carbonyl (C=O) groups excluding carboxylic acids is 2. The summed E-state index contributed by atoms with van der Waals surface area (Å²) in [7, 11) is 1.69. The zero-order valence-corrected chi connectivity index (χ0v) is 14.5. The number of amides is 1. The predicted molar refractivity (Wildman–Crippen MR) is 93.8 cm³/mol. The molecule has 0 aliphatic heterocycles. The largest absolute Gasteiger partial charge is 0.449 e. The fourth-order valence-corrected chi connectivity index (χ4v) is 2.31. The Balaban J connectivity index is 2.04. The molecule has 0 saturated heterocycles. The smallest absolute Gasteiger partial charge is 0.341 e. The van der Waals surface area contributed by atoms with Crippen LogP contribution in [-0.4, -0.2) is 30.0 Å². The summed E-state index contributed by atoms with van der Waals surface area (Å²) in [6, 6.07) is 8.28. The van der Waals surface area contributed by atoms with E-state index in [9.17, 15) is 9.59 Å². The maximum atomic E-state index is 12.2. The van der Waals surface area contributed by atoms with Gasteiger partial charge in [0, 0.05) is 18.9 Å². The number of rotatable bonds is 5. The van der Waals surface area contributed by atoms with E-state index in [0.717, 1.165) is 0 Å². The molecule has 2 aromatic rings. The molecule has 1 aromatic carbocycles. The lowest BCUT2D eigenvalue weighted by atomic mass is 10.2. The third kappa shape index (κ3) is 4.37. The number of esters is 1. The van der Waals surface area contributed by atoms with Gasteiger partial charge in [-0.15, -0.1) is 0 Å². The van der Waals surface area contributed by atoms with Gasteiger partial charge in [0.05, 0.1) is 15.6 Å². The first-order valence-corrected chi connectivity index (χ1v) is 7.77. The summed E-state index contributed by atoms with van der Waals surface area (Å²) in [6.07, 6.45) is 0.319. The predicted octanol–water partition coefficient (Wildman–Crippen LogP) is 3.61. The highest BCUT2D eigenvalue weighted by molar-refractivity contribution is 6.36. The van der Waals surface area contributed by atoms with Gasteiger partial charge in [0.2, 0.25) is 0 Å². The van der Waals surface area contributed by atoms with Crippen LogP contribution in [0.5, 0.6) is 0 Å². The van der Waals surface area contributed by atoms with Crippen LogP contribution in [0.25, 0.3) is 0 Å². The first-order chi connectivity index (χ1) is 11.4. The van der Waals surface area contributed by atoms with E-state index in [0.29, 0.717) is 16.3 Å². The van der Waals surface area contributed by atoms with Crippen molar-refractivity contribution in [2.45, 2.75) is 13.0 Å². The highest BCUT2D eigenvalue weighted by atomic mass is 35.5. The van der Waals surface area contributed by atoms with Crippen molar-refractivity contribution < 1.29 is 14.3 Å². The van der Waals surface area contributed by atoms with Crippen LogP contribution >= 0.6 is 23.2 Å². The Morgan fingerprint density at radius 2 is 1.96 bits per heavy atom. The average molecular weight is 368 g/mol. The Hall–Kier alpha value is -2.31. The molecule has 6 nitrogen and oxygen atoms in total. The second-order valence-electron chi connectivity index (χ2n) is 4.82. The molecule has 8 heteroatoms. The minimum absolute atomic E-state index is 0.143. The second kappa shape index (κ2) is 7.99. The van der Waals surface area contributed by atoms with Gasteiger partial charge in [-0.2, -0.15) is 0 Å². The van der Waals surface area contributed by atoms with Gasteiger partial charge in [0.15, 0.2) is 11.9 Å². The van der Waals surface area contributed by atoms with Crippen LogP contribution in [0.2, 0.25) is 10.0 Å². The van der Waals surface area contributed by atoms with Gasteiger partial charge in [-0.25, -0.2) is 9.78 Å². The summed E-state index contributed by atoms with van der Waals surface area (Å²) in [5.74, 6) is -1.02. The molecule has 2 N–H and O–H groups in total. The Bertz CT molecular complexity index is 768. The molecule has 1 atom stereocenters. The normalized spacial score (nSPS) is 11.5. The van der Waals surface area contributed by atoms with E-state index in [1.165, 1.54) is 19.2 Å². The van der Waals surface area contributed by atoms with Crippen LogP contribution in [0.1, 0.15) is 17.3 Å². The number of hydrogen-bond donors (Lipinski definition) is 2. The Morgan fingerprint density at radius 1 is 1.25 bits per heavy atom. The van der Waals surface area contributed by atoms with Gasteiger partial charge in [-0.05, 0) is 25.1 Å². The summed E-state index contributed by atoms with van der Waals surface area (Å²) in [6.45, 7) is 1.46. The Morgan fingerprint density at radius 3 is 2.62 bits per heavy atom. The molecule has 0 spiro atoms. The first-order valence-electron chi connectivity index (χ1n) is 7.02. The number of para-hydroxylation sites is 1. The van der Waals surface area contributed by atoms with Gasteiger partial charge in [-0.1, -0.05) is 35.3 Å². The van der Waals surface area contributed by atoms with Crippen molar-refractivity contribution in [3.05, 3.63) is 52.1 Å². The van der Waals surface area contributed by atoms with Gasteiger partial charge in [0.1, 0.15) is 0 Å². The maximum Gasteiger partial charge on any atom is 0.341 e. The van der Waals surface area contributed by atoms with Crippen molar-refractivity contribution >= 4 is 46.6 Å². The number of nitrogens with zero attached hydrogens (tertiary/aromatic N) is 1. The average Bonchev–Trinajstić information content (AvgIpc) is 2.57. The number of nitrogens with one attached hydrogen (secondary N) is 2. The number of benzene rings is 1. The van der Waals surface area contributed by atoms with Crippen molar-refractivity contribution in [3.63, 3.8) is 0 Å². The lowest BCUT2D eigenvalue weighted by Gasteiger charge is -2.15. The molecule has 0 saturated carbocycles. The van der Waals surface area contributed by atoms with E-state index in [4.69, 9.17) is 27.9 Å². The van der Waals surface area contributed by atoms with Gasteiger partial charge < -0.3 is 15.4 Å². The van der Waals surface area contributed by atoms with E-state index >= 15 is 0 Å². The van der Waals surface area contributed by atoms with Crippen LogP contribution in [-0.2, 0) is 9.53 Å². The standard InChI is InChI=1S/C16H15Cl2N3O3/c1-9(15(22)21-14-12(18)7-10(17)8-20-14)24-16(23)11-5-3-4-6-13(11)19-2/h3-9,19H,1-2H3,(H,20,21,22). The van der Waals surface area contributed by atoms with E-state index in [1.807, 2.05) is 0 Å². The molecular weight excluding hydrogens is 353 g/mol. The van der Waals surface area contributed by atoms with E-state index in [2.05, 4.69) is 15.6 Å². The summed E-state index contributed by atoms with van der Waals surface area (Å²) in [5, 5.41) is 5.92. The molecule has 0 bridgehead atoms. The minimum Gasteiger partial charge on any atom is -0.449 e. The number of pyridine rings is 1. The minimum atomic E-state index is -1.03. The van der Waals surface area contributed by atoms with E-state index < -0.39 is 18.0 Å². The van der Waals surface area contributed by atoms with Gasteiger partial charge >= 0.3 is 5.97 Å². The first kappa shape index (κ1) is 18.0. The monoisotopic (exact) mass is 367 g/mol. The SMILES string of the molecule is CNc1ccccc1C(=O)OC(C)C(=O)Nc1ncc(Cl)cc1Cl. The van der Waals surface area contributed by atoms with Crippen molar-refractivity contribution in [1.82, 2.24) is 4.98 Å². The van der Waals surface area contributed by atoms with Crippen molar-refractivity contribution in [3.8, 4) is 0 Å². The van der Waals surface area contributed by atoms with Crippen LogP contribution in [0.15, 0.2) is 36.5 Å². The number of aromatic nitrogens is 1. The molecule has 2 rings (SSSR count). The molecule has 1 unspecified atom stereocenters. The summed E-state index contributed by atoms with van der Waals surface area (Å²) in [5.41, 5.74) is 0.944. The van der Waals surface area contributed by atoms with Crippen molar-refractivity contribution in [1.29, 1.82) is 0 Å². The molecule has 126 valence electrons. The second-order valence-corrected chi connectivity index (χ2v) is 5.66. The lowest BCUT2D eigenvalue weighted by Crippen LogP contribution is -2.30. The van der Waals surface area contributed by atoms with E-state index in [1.54, 1.807) is 31.3 Å². The van der Waals surface area contributed by atoms with Crippen LogP contribution < -0.4 is 10.6 Å². The lowest BCUT2D eigenvalue weighted by molar-refractivity contribution is -0.123. The fraction of sp³-hybridized carbons (Fsp3) is 0.188. The maximum absolute atomic E-state index is 12.2. The van der Waals surface area contributed by atoms with Crippen LogP contribution in [0, 0.1) is 0 Å². The van der Waals surface area contributed by atoms with Gasteiger partial charge in [-0.3, -0.25) is 4.79 Å². The fourth-order valence-electron chi connectivity index (χ4n) is 1.88. The molecule has 24 heavy (non-hydrogen) atoms. The van der Waals surface area contributed by atoms with Crippen molar-refractivity contribution in [2.75, 3.05) is 17.7 Å². The zero-order valence-electron chi connectivity index (χ0n) is 13.0. The summed E-state index contributed by atoms with van der Waals surface area (Å²) < 4.78 is 5.19.